The number of nitrogens with one attached hydrogen (secondary N) is 2. The van der Waals surface area contributed by atoms with Gasteiger partial charge in [0.1, 0.15) is 22.5 Å². The van der Waals surface area contributed by atoms with Crippen molar-refractivity contribution >= 4 is 40.1 Å². The maximum absolute atomic E-state index is 15.8. The van der Waals surface area contributed by atoms with E-state index in [2.05, 4.69) is 15.2 Å². The molecule has 0 unspecified atom stereocenters. The quantitative estimate of drug-likeness (QED) is 0.220. The first kappa shape index (κ1) is 24.0. The van der Waals surface area contributed by atoms with E-state index in [1.807, 2.05) is 30.3 Å². The van der Waals surface area contributed by atoms with Gasteiger partial charge in [-0.05, 0) is 36.2 Å². The number of carbonyl (C=O) groups excluding carboxylic acids is 2. The molecule has 5 rings (SSSR count). The van der Waals surface area contributed by atoms with Crippen LogP contribution < -0.4 is 17.2 Å². The molecule has 0 aliphatic carbocycles. The van der Waals surface area contributed by atoms with Crippen LogP contribution in [0.4, 0.5) is 10.2 Å². The number of nitrogens with two attached hydrogens (primary N) is 3. The second-order valence-electron chi connectivity index (χ2n) is 8.51. The lowest BCUT2D eigenvalue weighted by Gasteiger charge is -2.20. The highest BCUT2D eigenvalue weighted by molar-refractivity contribution is 6.32. The van der Waals surface area contributed by atoms with E-state index in [0.29, 0.717) is 22.6 Å². The van der Waals surface area contributed by atoms with Crippen LogP contribution in [0.25, 0.3) is 22.2 Å². The largest absolute Gasteiger partial charge is 0.382 e. The third-order valence-electron chi connectivity index (χ3n) is 6.22. The first-order valence-electron chi connectivity index (χ1n) is 11.2. The van der Waals surface area contributed by atoms with Crippen LogP contribution in [0.3, 0.4) is 0 Å². The Labute approximate surface area is 214 Å². The van der Waals surface area contributed by atoms with Gasteiger partial charge in [0, 0.05) is 28.0 Å². The monoisotopic (exact) mass is 517 g/mol. The number of hydrogen-bond donors (Lipinski definition) is 5. The molecule has 5 aromatic rings. The molecule has 0 aliphatic heterocycles. The molecule has 2 aromatic heterocycles. The zero-order valence-electron chi connectivity index (χ0n) is 19.3. The number of aromatic nitrogens is 4. The number of primary amides is 2. The average molecular weight is 518 g/mol. The number of aromatic amines is 2. The molecule has 0 saturated carbocycles. The second kappa shape index (κ2) is 9.40. The number of anilines is 1. The van der Waals surface area contributed by atoms with Crippen molar-refractivity contribution < 1.29 is 14.0 Å². The molecule has 0 aliphatic rings. The summed E-state index contributed by atoms with van der Waals surface area (Å²) >= 11 is 6.57. The molecule has 8 N–H and O–H groups in total. The molecular weight excluding hydrogens is 497 g/mol. The van der Waals surface area contributed by atoms with Crippen LogP contribution in [-0.4, -0.2) is 32.0 Å². The van der Waals surface area contributed by atoms with E-state index >= 15 is 4.39 Å². The van der Waals surface area contributed by atoms with Gasteiger partial charge < -0.3 is 22.2 Å². The van der Waals surface area contributed by atoms with Crippen molar-refractivity contribution in [2.45, 2.75) is 12.3 Å². The maximum atomic E-state index is 15.8. The number of nitrogens with zero attached hydrogens (tertiary/aromatic N) is 2. The molecule has 3 aromatic carbocycles. The van der Waals surface area contributed by atoms with Gasteiger partial charge in [0.25, 0.3) is 5.91 Å². The highest BCUT2D eigenvalue weighted by Gasteiger charge is 2.30. The normalized spacial score (nSPS) is 12.1. The molecule has 9 nitrogen and oxygen atoms in total. The zero-order valence-corrected chi connectivity index (χ0v) is 20.0. The molecule has 1 atom stereocenters. The number of halogens is 2. The summed E-state index contributed by atoms with van der Waals surface area (Å²) in [7, 11) is 0. The van der Waals surface area contributed by atoms with Gasteiger partial charge in [0.05, 0.1) is 11.1 Å². The van der Waals surface area contributed by atoms with E-state index in [-0.39, 0.29) is 34.1 Å². The Morgan fingerprint density at radius 2 is 1.70 bits per heavy atom. The summed E-state index contributed by atoms with van der Waals surface area (Å²) < 4.78 is 15.8. The Morgan fingerprint density at radius 3 is 2.41 bits per heavy atom. The van der Waals surface area contributed by atoms with Crippen LogP contribution in [0.2, 0.25) is 5.15 Å². The van der Waals surface area contributed by atoms with E-state index in [0.717, 1.165) is 17.0 Å². The molecule has 0 saturated heterocycles. The van der Waals surface area contributed by atoms with E-state index in [1.165, 1.54) is 6.07 Å². The zero-order chi connectivity index (χ0) is 26.3. The number of carbonyl (C=O) groups is 2. The van der Waals surface area contributed by atoms with E-state index in [1.54, 1.807) is 18.2 Å². The van der Waals surface area contributed by atoms with Gasteiger partial charge in [0.15, 0.2) is 5.82 Å². The predicted molar refractivity (Wildman–Crippen MR) is 139 cm³/mol. The Kier molecular flexibility index (Phi) is 6.10. The van der Waals surface area contributed by atoms with Crippen molar-refractivity contribution in [3.63, 3.8) is 0 Å². The lowest BCUT2D eigenvalue weighted by atomic mass is 9.86. The number of imidazole rings is 1. The van der Waals surface area contributed by atoms with Gasteiger partial charge in [-0.1, -0.05) is 48.0 Å². The minimum atomic E-state index is -0.974. The average Bonchev–Trinajstić information content (AvgIpc) is 3.45. The van der Waals surface area contributed by atoms with Crippen molar-refractivity contribution in [1.82, 2.24) is 20.2 Å². The molecule has 2 amide bonds. The summed E-state index contributed by atoms with van der Waals surface area (Å²) in [6.45, 7) is 0. The van der Waals surface area contributed by atoms with Gasteiger partial charge in [-0.15, -0.1) is 0 Å². The number of nitrogen functional groups attached to an aromatic ring is 1. The van der Waals surface area contributed by atoms with Gasteiger partial charge in [0.2, 0.25) is 5.91 Å². The van der Waals surface area contributed by atoms with Crippen LogP contribution in [-0.2, 0) is 6.42 Å². The Hall–Kier alpha value is -4.70. The number of amides is 2. The standard InChI is InChI=1S/C26H21ClFN7O2/c27-22-21(13-6-7-14-18(11-13)34-35-23(14)29)32-26(33-22)17(10-12-4-2-1-3-5-12)19-15(24(30)36)8-9-16(20(19)28)25(31)37/h1-9,11,17H,10H2,(H2,30,36)(H2,31,37)(H,32,33)(H3,29,34,35)/t17-/m0/s1. The molecule has 186 valence electrons. The smallest absolute Gasteiger partial charge is 0.251 e. The summed E-state index contributed by atoms with van der Waals surface area (Å²) in [6.07, 6.45) is 0.222. The van der Waals surface area contributed by atoms with Gasteiger partial charge in [-0.25, -0.2) is 9.37 Å². The minimum Gasteiger partial charge on any atom is -0.382 e. The highest BCUT2D eigenvalue weighted by atomic mass is 35.5. The van der Waals surface area contributed by atoms with Crippen LogP contribution in [0.15, 0.2) is 60.7 Å². The number of hydrogen-bond acceptors (Lipinski definition) is 5. The number of rotatable bonds is 7. The Bertz CT molecular complexity index is 1660. The van der Waals surface area contributed by atoms with Crippen molar-refractivity contribution in [2.75, 3.05) is 5.73 Å². The van der Waals surface area contributed by atoms with E-state index < -0.39 is 23.5 Å². The van der Waals surface area contributed by atoms with Gasteiger partial charge in [-0.3, -0.25) is 14.7 Å². The lowest BCUT2D eigenvalue weighted by molar-refractivity contribution is 0.0983. The number of H-pyrrole nitrogens is 2. The summed E-state index contributed by atoms with van der Waals surface area (Å²) in [5.74, 6) is -2.99. The topological polar surface area (TPSA) is 170 Å². The molecule has 0 radical (unpaired) electrons. The van der Waals surface area contributed by atoms with Crippen LogP contribution in [0.5, 0.6) is 0 Å². The Balaban J connectivity index is 1.70. The fourth-order valence-corrected chi connectivity index (χ4v) is 4.69. The fourth-order valence-electron chi connectivity index (χ4n) is 4.44. The SMILES string of the molecule is NC(=O)c1ccc(C(N)=O)c([C@H](Cc2ccccc2)c2nc(-c3ccc4c(N)n[nH]c4c3)c(Cl)[nH]2)c1F. The number of benzene rings is 3. The van der Waals surface area contributed by atoms with Crippen molar-refractivity contribution in [1.29, 1.82) is 0 Å². The molecule has 11 heteroatoms. The minimum absolute atomic E-state index is 0.0909. The molecule has 2 heterocycles. The Morgan fingerprint density at radius 1 is 1.00 bits per heavy atom. The van der Waals surface area contributed by atoms with Crippen LogP contribution >= 0.6 is 11.6 Å². The molecule has 37 heavy (non-hydrogen) atoms. The summed E-state index contributed by atoms with van der Waals surface area (Å²) in [5, 5.41) is 7.79. The van der Waals surface area contributed by atoms with Crippen LogP contribution in [0.1, 0.15) is 43.6 Å². The first-order valence-corrected chi connectivity index (χ1v) is 11.6. The molecule has 0 bridgehead atoms. The van der Waals surface area contributed by atoms with E-state index in [9.17, 15) is 9.59 Å². The van der Waals surface area contributed by atoms with Crippen LogP contribution in [0, 0.1) is 5.82 Å². The third-order valence-corrected chi connectivity index (χ3v) is 6.49. The van der Waals surface area contributed by atoms with Gasteiger partial charge >= 0.3 is 0 Å². The first-order chi connectivity index (χ1) is 17.7. The highest BCUT2D eigenvalue weighted by Crippen LogP contribution is 2.37. The fraction of sp³-hybridized carbons (Fsp3) is 0.0769. The van der Waals surface area contributed by atoms with E-state index in [4.69, 9.17) is 33.8 Å². The number of fused-ring (bicyclic) bond motifs is 1. The van der Waals surface area contributed by atoms with Crippen molar-refractivity contribution in [3.8, 4) is 11.3 Å². The third kappa shape index (κ3) is 4.38. The summed E-state index contributed by atoms with van der Waals surface area (Å²) in [5.41, 5.74) is 18.9. The predicted octanol–water partition coefficient (Wildman–Crippen LogP) is 3.90. The summed E-state index contributed by atoms with van der Waals surface area (Å²) in [6, 6.07) is 17.0. The lowest BCUT2D eigenvalue weighted by Crippen LogP contribution is -2.22. The van der Waals surface area contributed by atoms with Gasteiger partial charge in [-0.2, -0.15) is 5.10 Å². The van der Waals surface area contributed by atoms with Crippen molar-refractivity contribution in [2.24, 2.45) is 11.5 Å². The molecular formula is C26H21ClFN7O2. The second-order valence-corrected chi connectivity index (χ2v) is 8.89. The maximum Gasteiger partial charge on any atom is 0.251 e. The molecule has 0 fully saturated rings. The summed E-state index contributed by atoms with van der Waals surface area (Å²) in [4.78, 5) is 32.0. The molecule has 0 spiro atoms. The van der Waals surface area contributed by atoms with Crippen molar-refractivity contribution in [3.05, 3.63) is 99.7 Å².